The van der Waals surface area contributed by atoms with Crippen molar-refractivity contribution in [1.29, 1.82) is 0 Å². The molecule has 2 saturated carbocycles. The third-order valence-electron chi connectivity index (χ3n) is 4.57. The van der Waals surface area contributed by atoms with Crippen LogP contribution in [0.15, 0.2) is 0 Å². The number of amides is 2. The predicted molar refractivity (Wildman–Crippen MR) is 75.8 cm³/mol. The van der Waals surface area contributed by atoms with E-state index in [4.69, 9.17) is 14.9 Å². The smallest absolute Gasteiger partial charge is 0.405 e. The number of nitrogens with one attached hydrogen (secondary N) is 2. The zero-order chi connectivity index (χ0) is 17.1. The minimum Gasteiger partial charge on any atom is -0.465 e. The summed E-state index contributed by atoms with van der Waals surface area (Å²) in [6.45, 7) is 0. The molecule has 2 fully saturated rings. The number of carboxylic acid groups (broad SMARTS) is 2. The average molecular weight is 328 g/mol. The molecule has 9 heteroatoms. The summed E-state index contributed by atoms with van der Waals surface area (Å²) in [5.74, 6) is -1.92. The van der Waals surface area contributed by atoms with Gasteiger partial charge >= 0.3 is 24.1 Å². The zero-order valence-electron chi connectivity index (χ0n) is 12.6. The van der Waals surface area contributed by atoms with Crippen LogP contribution in [0, 0.1) is 0 Å². The molecule has 2 aliphatic carbocycles. The first kappa shape index (κ1) is 17.0. The Morgan fingerprint density at radius 3 is 1.26 bits per heavy atom. The molecule has 0 saturated heterocycles. The molecule has 0 bridgehead atoms. The van der Waals surface area contributed by atoms with Crippen LogP contribution in [0.1, 0.15) is 51.4 Å². The molecule has 128 valence electrons. The Kier molecular flexibility index (Phi) is 4.76. The molecule has 0 aromatic heterocycles. The summed E-state index contributed by atoms with van der Waals surface area (Å²) in [7, 11) is 0. The number of esters is 2. The molecular weight excluding hydrogens is 308 g/mol. The first-order valence-electron chi connectivity index (χ1n) is 7.59. The van der Waals surface area contributed by atoms with E-state index in [1.165, 1.54) is 0 Å². The molecule has 0 unspecified atom stereocenters. The number of hydrogen-bond donors (Lipinski definition) is 4. The number of ether oxygens (including phenoxy) is 1. The minimum absolute atomic E-state index is 0.255. The zero-order valence-corrected chi connectivity index (χ0v) is 12.6. The van der Waals surface area contributed by atoms with Crippen LogP contribution >= 0.6 is 0 Å². The van der Waals surface area contributed by atoms with E-state index in [9.17, 15) is 19.2 Å². The Balaban J connectivity index is 2.12. The maximum atomic E-state index is 12.4. The summed E-state index contributed by atoms with van der Waals surface area (Å²) >= 11 is 0. The molecule has 2 amide bonds. The quantitative estimate of drug-likeness (QED) is 0.449. The van der Waals surface area contributed by atoms with Crippen molar-refractivity contribution in [3.63, 3.8) is 0 Å². The van der Waals surface area contributed by atoms with Gasteiger partial charge in [-0.2, -0.15) is 0 Å². The Morgan fingerprint density at radius 2 is 1.00 bits per heavy atom. The molecule has 23 heavy (non-hydrogen) atoms. The molecule has 0 aliphatic heterocycles. The maximum absolute atomic E-state index is 12.4. The van der Waals surface area contributed by atoms with E-state index in [-0.39, 0.29) is 25.7 Å². The van der Waals surface area contributed by atoms with Gasteiger partial charge in [-0.3, -0.25) is 0 Å². The molecule has 9 nitrogen and oxygen atoms in total. The molecular formula is C14H20N2O7. The minimum atomic E-state index is -1.43. The first-order valence-corrected chi connectivity index (χ1v) is 7.59. The lowest BCUT2D eigenvalue weighted by Gasteiger charge is -2.30. The molecule has 0 radical (unpaired) electrons. The maximum Gasteiger partial charge on any atom is 0.405 e. The van der Waals surface area contributed by atoms with Gasteiger partial charge in [0.25, 0.3) is 0 Å². The normalized spacial score (nSPS) is 21.4. The van der Waals surface area contributed by atoms with E-state index in [2.05, 4.69) is 10.6 Å². The Morgan fingerprint density at radius 1 is 0.696 bits per heavy atom. The van der Waals surface area contributed by atoms with Gasteiger partial charge in [0.1, 0.15) is 11.1 Å². The molecule has 0 aromatic rings. The molecule has 0 atom stereocenters. The predicted octanol–water partition coefficient (Wildman–Crippen LogP) is 1.22. The van der Waals surface area contributed by atoms with Crippen LogP contribution in [0.2, 0.25) is 0 Å². The third-order valence-corrected chi connectivity index (χ3v) is 4.57. The second-order valence-electron chi connectivity index (χ2n) is 6.12. The summed E-state index contributed by atoms with van der Waals surface area (Å²) < 4.78 is 4.90. The van der Waals surface area contributed by atoms with E-state index in [0.717, 1.165) is 0 Å². The van der Waals surface area contributed by atoms with Gasteiger partial charge in [0.05, 0.1) is 0 Å². The topological polar surface area (TPSA) is 142 Å². The van der Waals surface area contributed by atoms with Crippen LogP contribution in [0.25, 0.3) is 0 Å². The van der Waals surface area contributed by atoms with Crippen LogP contribution in [0.3, 0.4) is 0 Å². The van der Waals surface area contributed by atoms with Gasteiger partial charge in [-0.1, -0.05) is 25.7 Å². The van der Waals surface area contributed by atoms with E-state index < -0.39 is 35.2 Å². The van der Waals surface area contributed by atoms with Crippen molar-refractivity contribution in [2.75, 3.05) is 0 Å². The SMILES string of the molecule is O=C(O)NC1(C(=O)OC(=O)C2(NC(=O)O)CCCC2)CCCC1. The van der Waals surface area contributed by atoms with Crippen molar-refractivity contribution in [3.8, 4) is 0 Å². The molecule has 2 rings (SSSR count). The molecule has 0 heterocycles. The van der Waals surface area contributed by atoms with E-state index in [1.807, 2.05) is 0 Å². The summed E-state index contributed by atoms with van der Waals surface area (Å²) in [4.78, 5) is 46.6. The average Bonchev–Trinajstić information content (AvgIpc) is 3.08. The Labute approximate surface area is 132 Å². The molecule has 4 N–H and O–H groups in total. The fourth-order valence-corrected chi connectivity index (χ4v) is 3.41. The van der Waals surface area contributed by atoms with E-state index >= 15 is 0 Å². The van der Waals surface area contributed by atoms with Gasteiger partial charge in [-0.15, -0.1) is 0 Å². The number of carbonyl (C=O) groups is 4. The van der Waals surface area contributed by atoms with Crippen molar-refractivity contribution in [1.82, 2.24) is 10.6 Å². The summed E-state index contributed by atoms with van der Waals surface area (Å²) in [5, 5.41) is 22.1. The van der Waals surface area contributed by atoms with Gasteiger partial charge < -0.3 is 25.6 Å². The highest BCUT2D eigenvalue weighted by molar-refractivity contribution is 5.97. The lowest BCUT2D eigenvalue weighted by Crippen LogP contribution is -2.57. The lowest BCUT2D eigenvalue weighted by atomic mass is 9.96. The summed E-state index contributed by atoms with van der Waals surface area (Å²) in [5.41, 5.74) is -2.85. The summed E-state index contributed by atoms with van der Waals surface area (Å²) in [6.07, 6.45) is 0.852. The van der Waals surface area contributed by atoms with E-state index in [0.29, 0.717) is 25.7 Å². The summed E-state index contributed by atoms with van der Waals surface area (Å²) in [6, 6.07) is 0. The highest BCUT2D eigenvalue weighted by Gasteiger charge is 2.50. The van der Waals surface area contributed by atoms with Crippen molar-refractivity contribution in [2.45, 2.75) is 62.4 Å². The molecule has 2 aliphatic rings. The van der Waals surface area contributed by atoms with Crippen molar-refractivity contribution in [3.05, 3.63) is 0 Å². The number of rotatable bonds is 4. The Bertz CT molecular complexity index is 473. The van der Waals surface area contributed by atoms with Gasteiger partial charge in [0, 0.05) is 0 Å². The van der Waals surface area contributed by atoms with Crippen molar-refractivity contribution in [2.24, 2.45) is 0 Å². The van der Waals surface area contributed by atoms with E-state index in [1.54, 1.807) is 0 Å². The van der Waals surface area contributed by atoms with Gasteiger partial charge in [0.2, 0.25) is 0 Å². The van der Waals surface area contributed by atoms with Gasteiger partial charge in [-0.05, 0) is 25.7 Å². The highest BCUT2D eigenvalue weighted by atomic mass is 16.6. The molecule has 0 spiro atoms. The highest BCUT2D eigenvalue weighted by Crippen LogP contribution is 2.34. The third kappa shape index (κ3) is 3.54. The van der Waals surface area contributed by atoms with Crippen LogP contribution in [0.4, 0.5) is 9.59 Å². The monoisotopic (exact) mass is 328 g/mol. The van der Waals surface area contributed by atoms with Gasteiger partial charge in [-0.25, -0.2) is 19.2 Å². The largest absolute Gasteiger partial charge is 0.465 e. The Hall–Kier alpha value is -2.32. The fraction of sp³-hybridized carbons (Fsp3) is 0.714. The fourth-order valence-electron chi connectivity index (χ4n) is 3.41. The number of carbonyl (C=O) groups excluding carboxylic acids is 2. The standard InChI is InChI=1S/C14H20N2O7/c17-9(13(15-11(19)20)5-1-2-6-13)23-10(18)14(16-12(21)22)7-3-4-8-14/h15-16H,1-8H2,(H,19,20)(H,21,22). The second-order valence-corrected chi connectivity index (χ2v) is 6.12. The lowest BCUT2D eigenvalue weighted by molar-refractivity contribution is -0.169. The van der Waals surface area contributed by atoms with Crippen molar-refractivity contribution < 1.29 is 34.1 Å². The van der Waals surface area contributed by atoms with Crippen LogP contribution in [0.5, 0.6) is 0 Å². The van der Waals surface area contributed by atoms with Crippen LogP contribution in [-0.4, -0.2) is 45.4 Å². The van der Waals surface area contributed by atoms with Crippen molar-refractivity contribution >= 4 is 24.1 Å². The van der Waals surface area contributed by atoms with Crippen LogP contribution < -0.4 is 10.6 Å². The van der Waals surface area contributed by atoms with Gasteiger partial charge in [0.15, 0.2) is 0 Å². The number of hydrogen-bond acceptors (Lipinski definition) is 5. The van der Waals surface area contributed by atoms with Crippen LogP contribution in [-0.2, 0) is 14.3 Å². The molecule has 0 aromatic carbocycles. The second kappa shape index (κ2) is 6.43. The first-order chi connectivity index (χ1) is 10.8.